The first kappa shape index (κ1) is 12.5. The van der Waals surface area contributed by atoms with Gasteiger partial charge in [-0.2, -0.15) is 0 Å². The molecule has 1 aliphatic rings. The second-order valence-electron chi connectivity index (χ2n) is 4.63. The summed E-state index contributed by atoms with van der Waals surface area (Å²) in [6.07, 6.45) is -1.08. The van der Waals surface area contributed by atoms with E-state index in [0.29, 0.717) is 13.0 Å². The van der Waals surface area contributed by atoms with Gasteiger partial charge in [0.25, 0.3) is 0 Å². The van der Waals surface area contributed by atoms with Crippen LogP contribution in [-0.2, 0) is 6.54 Å². The van der Waals surface area contributed by atoms with Gasteiger partial charge >= 0.3 is 0 Å². The van der Waals surface area contributed by atoms with Crippen LogP contribution in [0, 0.1) is 5.92 Å². The van der Waals surface area contributed by atoms with Crippen molar-refractivity contribution in [1.82, 2.24) is 5.32 Å². The van der Waals surface area contributed by atoms with Gasteiger partial charge in [0.15, 0.2) is 0 Å². The van der Waals surface area contributed by atoms with Crippen LogP contribution in [0.5, 0.6) is 0 Å². The van der Waals surface area contributed by atoms with Gasteiger partial charge in [-0.25, -0.2) is 0 Å². The number of benzene rings is 1. The van der Waals surface area contributed by atoms with Crippen LogP contribution in [0.4, 0.5) is 0 Å². The highest BCUT2D eigenvalue weighted by molar-refractivity contribution is 5.14. The van der Waals surface area contributed by atoms with Crippen LogP contribution < -0.4 is 5.32 Å². The molecule has 4 atom stereocenters. The van der Waals surface area contributed by atoms with Crippen molar-refractivity contribution in [2.24, 2.45) is 5.92 Å². The standard InChI is InChI=1S/C13H19NO3/c15-8-10-6-11(16)13(17)12(10)14-7-9-4-2-1-3-5-9/h1-5,10-17H,6-8H2/t10-,11-,12+,13-/m1/s1. The quantitative estimate of drug-likeness (QED) is 0.589. The minimum Gasteiger partial charge on any atom is -0.396 e. The van der Waals surface area contributed by atoms with Crippen molar-refractivity contribution in [3.05, 3.63) is 35.9 Å². The van der Waals surface area contributed by atoms with Crippen LogP contribution in [0.3, 0.4) is 0 Å². The zero-order valence-corrected chi connectivity index (χ0v) is 9.66. The average Bonchev–Trinajstić information content (AvgIpc) is 2.64. The molecule has 4 heteroatoms. The van der Waals surface area contributed by atoms with Crippen molar-refractivity contribution >= 4 is 0 Å². The molecule has 1 aromatic carbocycles. The largest absolute Gasteiger partial charge is 0.396 e. The Morgan fingerprint density at radius 1 is 1.18 bits per heavy atom. The molecule has 0 heterocycles. The lowest BCUT2D eigenvalue weighted by Gasteiger charge is -2.22. The molecule has 1 aromatic rings. The first-order chi connectivity index (χ1) is 8.22. The summed E-state index contributed by atoms with van der Waals surface area (Å²) in [7, 11) is 0. The molecule has 0 amide bonds. The first-order valence-electron chi connectivity index (χ1n) is 5.96. The van der Waals surface area contributed by atoms with E-state index < -0.39 is 12.2 Å². The smallest absolute Gasteiger partial charge is 0.0955 e. The molecule has 0 bridgehead atoms. The Balaban J connectivity index is 1.93. The molecular formula is C13H19NO3. The molecule has 2 rings (SSSR count). The Morgan fingerprint density at radius 3 is 2.53 bits per heavy atom. The van der Waals surface area contributed by atoms with Crippen LogP contribution in [-0.4, -0.2) is 40.2 Å². The number of hydrogen-bond donors (Lipinski definition) is 4. The highest BCUT2D eigenvalue weighted by Gasteiger charge is 2.40. The molecule has 0 unspecified atom stereocenters. The number of nitrogens with one attached hydrogen (secondary N) is 1. The second kappa shape index (κ2) is 5.60. The van der Waals surface area contributed by atoms with Gasteiger partial charge in [0.2, 0.25) is 0 Å². The van der Waals surface area contributed by atoms with Crippen molar-refractivity contribution in [2.75, 3.05) is 6.61 Å². The normalized spacial score (nSPS) is 32.9. The van der Waals surface area contributed by atoms with E-state index in [0.717, 1.165) is 5.56 Å². The SMILES string of the molecule is OC[C@H]1C[C@@H](O)[C@@H](O)[C@H]1NCc1ccccc1. The van der Waals surface area contributed by atoms with Gasteiger partial charge in [-0.3, -0.25) is 0 Å². The first-order valence-corrected chi connectivity index (χ1v) is 5.96. The summed E-state index contributed by atoms with van der Waals surface area (Å²) in [5.74, 6) is -0.0799. The average molecular weight is 237 g/mol. The second-order valence-corrected chi connectivity index (χ2v) is 4.63. The summed E-state index contributed by atoms with van der Waals surface area (Å²) < 4.78 is 0. The van der Waals surface area contributed by atoms with E-state index in [1.807, 2.05) is 30.3 Å². The van der Waals surface area contributed by atoms with Crippen LogP contribution >= 0.6 is 0 Å². The van der Waals surface area contributed by atoms with Crippen molar-refractivity contribution in [3.8, 4) is 0 Å². The van der Waals surface area contributed by atoms with E-state index in [4.69, 9.17) is 0 Å². The minimum absolute atomic E-state index is 0.0133. The van der Waals surface area contributed by atoms with E-state index in [-0.39, 0.29) is 18.6 Å². The Morgan fingerprint density at radius 2 is 1.88 bits per heavy atom. The van der Waals surface area contributed by atoms with Gasteiger partial charge in [0.1, 0.15) is 0 Å². The number of hydrogen-bond acceptors (Lipinski definition) is 4. The maximum Gasteiger partial charge on any atom is 0.0955 e. The molecule has 1 fully saturated rings. The summed E-state index contributed by atoms with van der Waals surface area (Å²) in [5, 5.41) is 31.8. The molecule has 4 N–H and O–H groups in total. The summed E-state index contributed by atoms with van der Waals surface area (Å²) >= 11 is 0. The van der Waals surface area contributed by atoms with Gasteiger partial charge in [-0.15, -0.1) is 0 Å². The number of rotatable bonds is 4. The lowest BCUT2D eigenvalue weighted by atomic mass is 10.0. The summed E-state index contributed by atoms with van der Waals surface area (Å²) in [4.78, 5) is 0. The van der Waals surface area contributed by atoms with E-state index in [1.165, 1.54) is 0 Å². The highest BCUT2D eigenvalue weighted by Crippen LogP contribution is 2.26. The zero-order chi connectivity index (χ0) is 12.3. The Bertz CT molecular complexity index is 344. The number of aliphatic hydroxyl groups excluding tert-OH is 3. The third kappa shape index (κ3) is 2.84. The summed E-state index contributed by atoms with van der Waals surface area (Å²) in [6.45, 7) is 0.617. The Hall–Kier alpha value is -0.940. The molecule has 0 radical (unpaired) electrons. The van der Waals surface area contributed by atoms with Gasteiger partial charge in [-0.05, 0) is 12.0 Å². The summed E-state index contributed by atoms with van der Waals surface area (Å²) in [5.41, 5.74) is 1.12. The molecule has 0 spiro atoms. The molecule has 4 nitrogen and oxygen atoms in total. The highest BCUT2D eigenvalue weighted by atomic mass is 16.3. The van der Waals surface area contributed by atoms with Gasteiger partial charge in [-0.1, -0.05) is 30.3 Å². The Labute approximate surface area is 101 Å². The predicted octanol–water partition coefficient (Wildman–Crippen LogP) is -0.121. The fourth-order valence-corrected chi connectivity index (χ4v) is 2.42. The minimum atomic E-state index is -0.795. The van der Waals surface area contributed by atoms with Crippen LogP contribution in [0.15, 0.2) is 30.3 Å². The van der Waals surface area contributed by atoms with Crippen LogP contribution in [0.1, 0.15) is 12.0 Å². The van der Waals surface area contributed by atoms with Crippen molar-refractivity contribution < 1.29 is 15.3 Å². The molecular weight excluding hydrogens is 218 g/mol. The fraction of sp³-hybridized carbons (Fsp3) is 0.538. The molecule has 0 aliphatic heterocycles. The fourth-order valence-electron chi connectivity index (χ4n) is 2.42. The third-order valence-corrected chi connectivity index (χ3v) is 3.43. The topological polar surface area (TPSA) is 72.7 Å². The van der Waals surface area contributed by atoms with Gasteiger partial charge < -0.3 is 20.6 Å². The maximum atomic E-state index is 9.81. The van der Waals surface area contributed by atoms with Crippen molar-refractivity contribution in [1.29, 1.82) is 0 Å². The lowest BCUT2D eigenvalue weighted by Crippen LogP contribution is -2.43. The monoisotopic (exact) mass is 237 g/mol. The van der Waals surface area contributed by atoms with E-state index in [1.54, 1.807) is 0 Å². The van der Waals surface area contributed by atoms with E-state index in [9.17, 15) is 15.3 Å². The van der Waals surface area contributed by atoms with Gasteiger partial charge in [0, 0.05) is 25.1 Å². The molecule has 1 saturated carbocycles. The predicted molar refractivity (Wildman–Crippen MR) is 64.3 cm³/mol. The molecule has 0 aromatic heterocycles. The molecule has 1 aliphatic carbocycles. The maximum absolute atomic E-state index is 9.81. The van der Waals surface area contributed by atoms with Crippen molar-refractivity contribution in [3.63, 3.8) is 0 Å². The lowest BCUT2D eigenvalue weighted by molar-refractivity contribution is 0.0289. The Kier molecular flexibility index (Phi) is 4.12. The molecule has 0 saturated heterocycles. The third-order valence-electron chi connectivity index (χ3n) is 3.43. The van der Waals surface area contributed by atoms with E-state index in [2.05, 4.69) is 5.32 Å². The van der Waals surface area contributed by atoms with Gasteiger partial charge in [0.05, 0.1) is 12.2 Å². The molecule has 17 heavy (non-hydrogen) atoms. The number of aliphatic hydroxyl groups is 3. The summed E-state index contributed by atoms with van der Waals surface area (Å²) in [6, 6.07) is 9.63. The zero-order valence-electron chi connectivity index (χ0n) is 9.66. The van der Waals surface area contributed by atoms with E-state index >= 15 is 0 Å². The van der Waals surface area contributed by atoms with Crippen LogP contribution in [0.25, 0.3) is 0 Å². The van der Waals surface area contributed by atoms with Crippen molar-refractivity contribution in [2.45, 2.75) is 31.2 Å². The molecule has 94 valence electrons. The van der Waals surface area contributed by atoms with Crippen LogP contribution in [0.2, 0.25) is 0 Å².